The number of thiophene rings is 1. The van der Waals surface area contributed by atoms with E-state index in [0.29, 0.717) is 12.1 Å². The maximum Gasteiger partial charge on any atom is 0.251 e. The van der Waals surface area contributed by atoms with Crippen molar-refractivity contribution in [2.45, 2.75) is 13.5 Å². The van der Waals surface area contributed by atoms with Crippen molar-refractivity contribution in [2.24, 2.45) is 0 Å². The number of anilines is 1. The third-order valence-corrected chi connectivity index (χ3v) is 3.86. The monoisotopic (exact) mass is 294 g/mol. The molecule has 0 atom stereocenters. The van der Waals surface area contributed by atoms with Crippen molar-refractivity contribution in [1.82, 2.24) is 5.32 Å². The largest absolute Gasteiger partial charge is 0.380 e. The normalized spacial score (nSPS) is 10.2. The van der Waals surface area contributed by atoms with Crippen molar-refractivity contribution < 1.29 is 4.79 Å². The second kappa shape index (κ2) is 6.59. The highest BCUT2D eigenvalue weighted by Crippen LogP contribution is 2.20. The first-order valence-corrected chi connectivity index (χ1v) is 7.30. The number of hydrogen-bond acceptors (Lipinski definition) is 3. The first-order valence-electron chi connectivity index (χ1n) is 6.04. The Hall–Kier alpha value is -1.52. The van der Waals surface area contributed by atoms with Crippen LogP contribution in [0, 0.1) is 0 Å². The van der Waals surface area contributed by atoms with Gasteiger partial charge in [-0.25, -0.2) is 0 Å². The number of carbonyl (C=O) groups excluding carboxylic acids is 1. The van der Waals surface area contributed by atoms with Gasteiger partial charge in [0.1, 0.15) is 0 Å². The lowest BCUT2D eigenvalue weighted by Crippen LogP contribution is -2.22. The molecule has 0 radical (unpaired) electrons. The summed E-state index contributed by atoms with van der Waals surface area (Å²) in [5, 5.41) is 8.75. The zero-order chi connectivity index (χ0) is 13.7. The van der Waals surface area contributed by atoms with Crippen LogP contribution in [-0.2, 0) is 6.54 Å². The molecule has 0 saturated carbocycles. The van der Waals surface area contributed by atoms with Crippen LogP contribution < -0.4 is 10.6 Å². The third-order valence-electron chi connectivity index (χ3n) is 2.57. The fourth-order valence-electron chi connectivity index (χ4n) is 1.64. The Bertz CT molecular complexity index is 551. The lowest BCUT2D eigenvalue weighted by molar-refractivity contribution is 0.0956. The fourth-order valence-corrected chi connectivity index (χ4v) is 2.65. The van der Waals surface area contributed by atoms with Crippen LogP contribution in [0.2, 0.25) is 5.02 Å². The van der Waals surface area contributed by atoms with Crippen molar-refractivity contribution in [3.05, 3.63) is 51.2 Å². The lowest BCUT2D eigenvalue weighted by Gasteiger charge is -2.06. The Balaban J connectivity index is 1.93. The van der Waals surface area contributed by atoms with E-state index in [9.17, 15) is 4.79 Å². The van der Waals surface area contributed by atoms with Gasteiger partial charge in [0.2, 0.25) is 0 Å². The average molecular weight is 295 g/mol. The molecule has 0 bridgehead atoms. The summed E-state index contributed by atoms with van der Waals surface area (Å²) >= 11 is 7.49. The Morgan fingerprint density at radius 2 is 2.05 bits per heavy atom. The topological polar surface area (TPSA) is 41.1 Å². The number of nitrogens with one attached hydrogen (secondary N) is 2. The summed E-state index contributed by atoms with van der Waals surface area (Å²) in [6, 6.07) is 9.38. The number of rotatable bonds is 5. The lowest BCUT2D eigenvalue weighted by atomic mass is 10.2. The molecule has 5 heteroatoms. The summed E-state index contributed by atoms with van der Waals surface area (Å²) in [6.45, 7) is 3.27. The molecule has 2 N–H and O–H groups in total. The van der Waals surface area contributed by atoms with E-state index in [1.807, 2.05) is 42.6 Å². The summed E-state index contributed by atoms with van der Waals surface area (Å²) in [5.74, 6) is -0.0425. The molecule has 1 aromatic carbocycles. The standard InChI is InChI=1S/C14H15ClN2OS/c1-2-16-14(18)10-3-5-12(6-4-10)17-8-13-7-11(15)9-19-13/h3-7,9,17H,2,8H2,1H3,(H,16,18). The molecular formula is C14H15ClN2OS. The molecule has 1 aromatic heterocycles. The van der Waals surface area contributed by atoms with Gasteiger partial charge in [0.15, 0.2) is 0 Å². The van der Waals surface area contributed by atoms with Crippen molar-refractivity contribution >= 4 is 34.5 Å². The van der Waals surface area contributed by atoms with Gasteiger partial charge in [0, 0.05) is 34.6 Å². The molecule has 0 aliphatic carbocycles. The first-order chi connectivity index (χ1) is 9.19. The quantitative estimate of drug-likeness (QED) is 0.881. The van der Waals surface area contributed by atoms with Crippen LogP contribution in [0.25, 0.3) is 0 Å². The molecule has 2 rings (SSSR count). The zero-order valence-electron chi connectivity index (χ0n) is 10.6. The first kappa shape index (κ1) is 13.9. The van der Waals surface area contributed by atoms with Gasteiger partial charge in [-0.2, -0.15) is 0 Å². The van der Waals surface area contributed by atoms with Crippen LogP contribution in [0.4, 0.5) is 5.69 Å². The molecule has 0 fully saturated rings. The SMILES string of the molecule is CCNC(=O)c1ccc(NCc2cc(Cl)cs2)cc1. The van der Waals surface area contributed by atoms with Crippen molar-refractivity contribution in [1.29, 1.82) is 0 Å². The maximum absolute atomic E-state index is 11.6. The second-order valence-corrected chi connectivity index (χ2v) is 5.45. The smallest absolute Gasteiger partial charge is 0.251 e. The molecule has 0 saturated heterocycles. The minimum Gasteiger partial charge on any atom is -0.380 e. The van der Waals surface area contributed by atoms with Gasteiger partial charge in [-0.15, -0.1) is 11.3 Å². The van der Waals surface area contributed by atoms with E-state index < -0.39 is 0 Å². The Labute approximate surface area is 121 Å². The summed E-state index contributed by atoms with van der Waals surface area (Å²) < 4.78 is 0. The Kier molecular flexibility index (Phi) is 4.82. The molecule has 1 amide bonds. The Morgan fingerprint density at radius 1 is 1.32 bits per heavy atom. The summed E-state index contributed by atoms with van der Waals surface area (Å²) in [5.41, 5.74) is 1.66. The molecule has 0 spiro atoms. The highest BCUT2D eigenvalue weighted by molar-refractivity contribution is 7.10. The van der Waals surface area contributed by atoms with Crippen molar-refractivity contribution in [3.63, 3.8) is 0 Å². The molecule has 0 unspecified atom stereocenters. The summed E-state index contributed by atoms with van der Waals surface area (Å²) in [6.07, 6.45) is 0. The van der Waals surface area contributed by atoms with Crippen LogP contribution >= 0.6 is 22.9 Å². The fraction of sp³-hybridized carbons (Fsp3) is 0.214. The second-order valence-electron chi connectivity index (χ2n) is 4.02. The number of benzene rings is 1. The van der Waals surface area contributed by atoms with Gasteiger partial charge < -0.3 is 10.6 Å². The minimum atomic E-state index is -0.0425. The van der Waals surface area contributed by atoms with Gasteiger partial charge in [-0.1, -0.05) is 11.6 Å². The van der Waals surface area contributed by atoms with Crippen molar-refractivity contribution in [3.8, 4) is 0 Å². The van der Waals surface area contributed by atoms with E-state index in [-0.39, 0.29) is 5.91 Å². The molecule has 2 aromatic rings. The van der Waals surface area contributed by atoms with Crippen LogP contribution in [-0.4, -0.2) is 12.5 Å². The van der Waals surface area contributed by atoms with Gasteiger partial charge in [0.05, 0.1) is 5.02 Å². The molecule has 1 heterocycles. The van der Waals surface area contributed by atoms with E-state index in [4.69, 9.17) is 11.6 Å². The highest BCUT2D eigenvalue weighted by Gasteiger charge is 2.03. The van der Waals surface area contributed by atoms with Gasteiger partial charge in [-0.05, 0) is 37.3 Å². The van der Waals surface area contributed by atoms with E-state index in [2.05, 4.69) is 10.6 Å². The number of carbonyl (C=O) groups is 1. The van der Waals surface area contributed by atoms with Crippen LogP contribution in [0.5, 0.6) is 0 Å². The minimum absolute atomic E-state index is 0.0425. The van der Waals surface area contributed by atoms with E-state index in [1.54, 1.807) is 11.3 Å². The predicted octanol–water partition coefficient (Wildman–Crippen LogP) is 3.76. The molecule has 0 aliphatic heterocycles. The molecular weight excluding hydrogens is 280 g/mol. The Morgan fingerprint density at radius 3 is 2.63 bits per heavy atom. The molecule has 100 valence electrons. The average Bonchev–Trinajstić information content (AvgIpc) is 2.83. The van der Waals surface area contributed by atoms with E-state index >= 15 is 0 Å². The molecule has 19 heavy (non-hydrogen) atoms. The summed E-state index contributed by atoms with van der Waals surface area (Å²) in [7, 11) is 0. The van der Waals surface area contributed by atoms with Gasteiger partial charge in [0.25, 0.3) is 5.91 Å². The van der Waals surface area contributed by atoms with Gasteiger partial charge >= 0.3 is 0 Å². The number of halogens is 1. The number of amides is 1. The van der Waals surface area contributed by atoms with Crippen LogP contribution in [0.1, 0.15) is 22.2 Å². The third kappa shape index (κ3) is 3.98. The molecule has 0 aliphatic rings. The predicted molar refractivity (Wildman–Crippen MR) is 81.1 cm³/mol. The zero-order valence-corrected chi connectivity index (χ0v) is 12.1. The van der Waals surface area contributed by atoms with Crippen molar-refractivity contribution in [2.75, 3.05) is 11.9 Å². The summed E-state index contributed by atoms with van der Waals surface area (Å²) in [4.78, 5) is 12.8. The maximum atomic E-state index is 11.6. The number of hydrogen-bond donors (Lipinski definition) is 2. The van der Waals surface area contributed by atoms with Gasteiger partial charge in [-0.3, -0.25) is 4.79 Å². The molecule has 3 nitrogen and oxygen atoms in total. The van der Waals surface area contributed by atoms with Crippen LogP contribution in [0.15, 0.2) is 35.7 Å². The van der Waals surface area contributed by atoms with Crippen LogP contribution in [0.3, 0.4) is 0 Å². The highest BCUT2D eigenvalue weighted by atomic mass is 35.5. The van der Waals surface area contributed by atoms with E-state index in [0.717, 1.165) is 17.3 Å². The van der Waals surface area contributed by atoms with E-state index in [1.165, 1.54) is 4.88 Å².